The van der Waals surface area contributed by atoms with Crippen molar-refractivity contribution < 1.29 is 9.47 Å². The maximum Gasteiger partial charge on any atom is 0.263 e. The van der Waals surface area contributed by atoms with E-state index in [-0.39, 0.29) is 12.6 Å². The van der Waals surface area contributed by atoms with Crippen molar-refractivity contribution in [2.45, 2.75) is 6.92 Å². The van der Waals surface area contributed by atoms with Gasteiger partial charge in [0.15, 0.2) is 11.5 Å². The number of hydrogen-bond acceptors (Lipinski definition) is 7. The Balaban J connectivity index is 2.21. The molecule has 8 nitrogen and oxygen atoms in total. The molecule has 0 unspecified atom stereocenters. The van der Waals surface area contributed by atoms with Crippen LogP contribution in [0.5, 0.6) is 11.5 Å². The lowest BCUT2D eigenvalue weighted by atomic mass is 10.2. The van der Waals surface area contributed by atoms with Gasteiger partial charge in [0.1, 0.15) is 6.61 Å². The van der Waals surface area contributed by atoms with Crippen LogP contribution in [0, 0.1) is 12.3 Å². The molecule has 0 atom stereocenters. The maximum atomic E-state index is 5.51. The Morgan fingerprint density at radius 3 is 2.95 bits per heavy atom. The number of ether oxygens (including phenoxy) is 2. The second-order valence-corrected chi connectivity index (χ2v) is 3.80. The standard InChI is InChI=1S/C13H14N6O2/c1-3-7-21-11-6-5-10(8-12(11)20-4-2)9-15-19-13(14)16-17-18-19/h1,5-6,8-9H,4,7H2,2H3,(H2,14,16,18). The molecule has 108 valence electrons. The monoisotopic (exact) mass is 286 g/mol. The first-order valence-corrected chi connectivity index (χ1v) is 6.16. The Morgan fingerprint density at radius 1 is 1.43 bits per heavy atom. The molecule has 0 radical (unpaired) electrons. The summed E-state index contributed by atoms with van der Waals surface area (Å²) in [5.41, 5.74) is 6.29. The van der Waals surface area contributed by atoms with Crippen LogP contribution in [0.3, 0.4) is 0 Å². The smallest absolute Gasteiger partial charge is 0.263 e. The van der Waals surface area contributed by atoms with Crippen LogP contribution in [-0.2, 0) is 0 Å². The van der Waals surface area contributed by atoms with Crippen LogP contribution in [0.25, 0.3) is 0 Å². The number of aromatic nitrogens is 4. The Bertz CT molecular complexity index is 674. The molecular weight excluding hydrogens is 272 g/mol. The van der Waals surface area contributed by atoms with Crippen molar-refractivity contribution in [3.05, 3.63) is 23.8 Å². The maximum absolute atomic E-state index is 5.51. The van der Waals surface area contributed by atoms with Crippen LogP contribution in [0.15, 0.2) is 23.3 Å². The molecule has 21 heavy (non-hydrogen) atoms. The summed E-state index contributed by atoms with van der Waals surface area (Å²) in [4.78, 5) is 1.11. The van der Waals surface area contributed by atoms with E-state index in [0.29, 0.717) is 18.1 Å². The van der Waals surface area contributed by atoms with Crippen molar-refractivity contribution in [2.24, 2.45) is 5.10 Å². The molecule has 2 rings (SSSR count). The van der Waals surface area contributed by atoms with Crippen molar-refractivity contribution in [2.75, 3.05) is 18.9 Å². The number of nitrogens with two attached hydrogens (primary N) is 1. The van der Waals surface area contributed by atoms with Crippen LogP contribution < -0.4 is 15.2 Å². The third-order valence-corrected chi connectivity index (χ3v) is 2.37. The number of hydrogen-bond donors (Lipinski definition) is 1. The number of anilines is 1. The van der Waals surface area contributed by atoms with Crippen LogP contribution in [0.1, 0.15) is 12.5 Å². The van der Waals surface area contributed by atoms with Crippen LogP contribution in [0.2, 0.25) is 0 Å². The van der Waals surface area contributed by atoms with E-state index in [2.05, 4.69) is 26.5 Å². The number of rotatable bonds is 6. The lowest BCUT2D eigenvalue weighted by Gasteiger charge is -2.10. The molecule has 0 fully saturated rings. The van der Waals surface area contributed by atoms with Gasteiger partial charge in [-0.1, -0.05) is 15.8 Å². The predicted molar refractivity (Wildman–Crippen MR) is 77.2 cm³/mol. The van der Waals surface area contributed by atoms with Crippen LogP contribution in [-0.4, -0.2) is 39.7 Å². The second-order valence-electron chi connectivity index (χ2n) is 3.80. The number of nitrogen functional groups attached to an aromatic ring is 1. The zero-order chi connectivity index (χ0) is 15.1. The minimum Gasteiger partial charge on any atom is -0.490 e. The molecule has 1 aromatic carbocycles. The molecule has 0 saturated heterocycles. The molecule has 2 N–H and O–H groups in total. The third-order valence-electron chi connectivity index (χ3n) is 2.37. The van der Waals surface area contributed by atoms with Gasteiger partial charge in [0.05, 0.1) is 12.8 Å². The Morgan fingerprint density at radius 2 is 2.29 bits per heavy atom. The average Bonchev–Trinajstić information content (AvgIpc) is 2.90. The topological polar surface area (TPSA) is 100 Å². The molecule has 0 aliphatic heterocycles. The number of benzene rings is 1. The van der Waals surface area contributed by atoms with Gasteiger partial charge in [0.25, 0.3) is 5.95 Å². The van der Waals surface area contributed by atoms with Gasteiger partial charge in [-0.3, -0.25) is 0 Å². The summed E-state index contributed by atoms with van der Waals surface area (Å²) >= 11 is 0. The average molecular weight is 286 g/mol. The molecule has 1 aromatic heterocycles. The van der Waals surface area contributed by atoms with E-state index in [0.717, 1.165) is 10.4 Å². The van der Waals surface area contributed by atoms with Gasteiger partial charge in [0.2, 0.25) is 0 Å². The summed E-state index contributed by atoms with van der Waals surface area (Å²) in [6, 6.07) is 5.34. The Kier molecular flexibility index (Phi) is 4.71. The number of tetrazole rings is 1. The highest BCUT2D eigenvalue weighted by molar-refractivity contribution is 5.80. The van der Waals surface area contributed by atoms with Gasteiger partial charge in [-0.15, -0.1) is 6.42 Å². The molecule has 2 aromatic rings. The minimum absolute atomic E-state index is 0.102. The van der Waals surface area contributed by atoms with E-state index in [1.807, 2.05) is 6.92 Å². The predicted octanol–water partition coefficient (Wildman–Crippen LogP) is 0.548. The lowest BCUT2D eigenvalue weighted by Crippen LogP contribution is -2.01. The van der Waals surface area contributed by atoms with Gasteiger partial charge >= 0.3 is 0 Å². The summed E-state index contributed by atoms with van der Waals surface area (Å²) in [6.07, 6.45) is 6.73. The first-order valence-electron chi connectivity index (χ1n) is 6.16. The molecule has 0 aliphatic carbocycles. The van der Waals surface area contributed by atoms with E-state index in [4.69, 9.17) is 21.6 Å². The highest BCUT2D eigenvalue weighted by atomic mass is 16.5. The molecule has 0 bridgehead atoms. The third kappa shape index (κ3) is 3.70. The van der Waals surface area contributed by atoms with Crippen molar-refractivity contribution in [1.29, 1.82) is 0 Å². The van der Waals surface area contributed by atoms with Gasteiger partial charge in [0, 0.05) is 0 Å². The van der Waals surface area contributed by atoms with Gasteiger partial charge in [-0.2, -0.15) is 5.10 Å². The zero-order valence-corrected chi connectivity index (χ0v) is 11.4. The highest BCUT2D eigenvalue weighted by Crippen LogP contribution is 2.27. The summed E-state index contributed by atoms with van der Waals surface area (Å²) < 4.78 is 10.9. The lowest BCUT2D eigenvalue weighted by molar-refractivity contribution is 0.299. The fraction of sp³-hybridized carbons (Fsp3) is 0.231. The SMILES string of the molecule is C#CCOc1ccc(C=Nn2nnnc2N)cc1OCC. The van der Waals surface area contributed by atoms with E-state index in [1.165, 1.54) is 0 Å². The second kappa shape index (κ2) is 6.91. The Hall–Kier alpha value is -3.08. The first kappa shape index (κ1) is 14.3. The van der Waals surface area contributed by atoms with E-state index >= 15 is 0 Å². The summed E-state index contributed by atoms with van der Waals surface area (Å²) in [5.74, 6) is 3.67. The number of nitrogens with zero attached hydrogens (tertiary/aromatic N) is 5. The van der Waals surface area contributed by atoms with E-state index in [1.54, 1.807) is 24.4 Å². The largest absolute Gasteiger partial charge is 0.490 e. The van der Waals surface area contributed by atoms with Crippen molar-refractivity contribution in [3.63, 3.8) is 0 Å². The van der Waals surface area contributed by atoms with E-state index in [9.17, 15) is 0 Å². The first-order chi connectivity index (χ1) is 10.2. The molecule has 8 heteroatoms. The van der Waals surface area contributed by atoms with Gasteiger partial charge < -0.3 is 15.2 Å². The van der Waals surface area contributed by atoms with Gasteiger partial charge in [-0.25, -0.2) is 0 Å². The highest BCUT2D eigenvalue weighted by Gasteiger charge is 2.05. The van der Waals surface area contributed by atoms with Crippen LogP contribution >= 0.6 is 0 Å². The molecule has 0 spiro atoms. The molecular formula is C13H14N6O2. The molecule has 0 amide bonds. The quantitative estimate of drug-likeness (QED) is 0.614. The number of terminal acetylenes is 1. The zero-order valence-electron chi connectivity index (χ0n) is 11.4. The normalized spacial score (nSPS) is 10.5. The minimum atomic E-state index is 0.102. The van der Waals surface area contributed by atoms with Crippen molar-refractivity contribution in [3.8, 4) is 23.8 Å². The fourth-order valence-corrected chi connectivity index (χ4v) is 1.51. The summed E-state index contributed by atoms with van der Waals surface area (Å²) in [7, 11) is 0. The van der Waals surface area contributed by atoms with Gasteiger partial charge in [-0.05, 0) is 41.1 Å². The molecule has 0 aliphatic rings. The van der Waals surface area contributed by atoms with Crippen molar-refractivity contribution >= 4 is 12.2 Å². The van der Waals surface area contributed by atoms with Crippen LogP contribution in [0.4, 0.5) is 5.95 Å². The molecule has 0 saturated carbocycles. The summed E-state index contributed by atoms with van der Waals surface area (Å²) in [5, 5.41) is 14.5. The fourth-order valence-electron chi connectivity index (χ4n) is 1.51. The Labute approximate surface area is 121 Å². The van der Waals surface area contributed by atoms with E-state index < -0.39 is 0 Å². The van der Waals surface area contributed by atoms with Crippen molar-refractivity contribution in [1.82, 2.24) is 20.3 Å². The molecule has 1 heterocycles. The summed E-state index contributed by atoms with van der Waals surface area (Å²) in [6.45, 7) is 2.56.